The van der Waals surface area contributed by atoms with Gasteiger partial charge in [0.2, 0.25) is 0 Å². The van der Waals surface area contributed by atoms with E-state index < -0.39 is 5.97 Å². The molecule has 0 N–H and O–H groups in total. The minimum atomic E-state index is -0.420. The highest BCUT2D eigenvalue weighted by Crippen LogP contribution is 2.38. The molecule has 0 fully saturated rings. The molecule has 0 radical (unpaired) electrons. The van der Waals surface area contributed by atoms with Crippen LogP contribution in [0.5, 0.6) is 0 Å². The number of hydrogen-bond donors (Lipinski definition) is 0. The minimum Gasteiger partial charge on any atom is -0.458 e. The highest BCUT2D eigenvalue weighted by molar-refractivity contribution is 8.00. The fourth-order valence-electron chi connectivity index (χ4n) is 3.75. The zero-order valence-corrected chi connectivity index (χ0v) is 20.1. The number of carbonyl (C=O) groups is 1. The summed E-state index contributed by atoms with van der Waals surface area (Å²) in [6, 6.07) is 36.0. The summed E-state index contributed by atoms with van der Waals surface area (Å²) in [5, 5.41) is 4.88. The van der Waals surface area contributed by atoms with Crippen LogP contribution in [-0.2, 0) is 16.1 Å². The van der Waals surface area contributed by atoms with Crippen LogP contribution >= 0.6 is 23.5 Å². The molecule has 0 aliphatic heterocycles. The van der Waals surface area contributed by atoms with Crippen LogP contribution in [0.3, 0.4) is 0 Å². The fourth-order valence-corrected chi connectivity index (χ4v) is 5.75. The normalized spacial score (nSPS) is 10.9. The van der Waals surface area contributed by atoms with E-state index in [-0.39, 0.29) is 6.61 Å². The predicted octanol–water partition coefficient (Wildman–Crippen LogP) is 8.52. The summed E-state index contributed by atoms with van der Waals surface area (Å²) in [6.45, 7) is 3.70. The van der Waals surface area contributed by atoms with Gasteiger partial charge in [-0.2, -0.15) is 0 Å². The van der Waals surface area contributed by atoms with Crippen molar-refractivity contribution in [2.24, 2.45) is 0 Å². The maximum absolute atomic E-state index is 11.7. The first-order valence-electron chi connectivity index (χ1n) is 10.9. The van der Waals surface area contributed by atoms with Crippen molar-refractivity contribution in [2.75, 3.05) is 0 Å². The van der Waals surface area contributed by atoms with Gasteiger partial charge >= 0.3 is 5.97 Å². The molecule has 0 bridgehead atoms. The summed E-state index contributed by atoms with van der Waals surface area (Å²) in [4.78, 5) is 16.2. The van der Waals surface area contributed by atoms with E-state index in [0.717, 1.165) is 20.2 Å². The van der Waals surface area contributed by atoms with Crippen molar-refractivity contribution in [1.29, 1.82) is 0 Å². The van der Waals surface area contributed by atoms with Crippen LogP contribution in [0.2, 0.25) is 0 Å². The van der Waals surface area contributed by atoms with E-state index >= 15 is 0 Å². The van der Waals surface area contributed by atoms with Crippen molar-refractivity contribution in [3.8, 4) is 0 Å². The quantitative estimate of drug-likeness (QED) is 0.173. The van der Waals surface area contributed by atoms with Gasteiger partial charge in [0.25, 0.3) is 0 Å². The molecule has 0 saturated carbocycles. The average molecular weight is 479 g/mol. The van der Waals surface area contributed by atoms with Crippen molar-refractivity contribution in [3.05, 3.63) is 121 Å². The second kappa shape index (κ2) is 10.2. The van der Waals surface area contributed by atoms with Crippen molar-refractivity contribution in [1.82, 2.24) is 0 Å². The number of rotatable bonds is 7. The van der Waals surface area contributed by atoms with Crippen LogP contribution < -0.4 is 0 Å². The van der Waals surface area contributed by atoms with E-state index in [2.05, 4.69) is 104 Å². The van der Waals surface area contributed by atoms with E-state index in [4.69, 9.17) is 4.74 Å². The molecule has 4 heteroatoms. The Morgan fingerprint density at radius 3 is 1.82 bits per heavy atom. The molecule has 0 atom stereocenters. The molecular formula is C30H22O2S2. The zero-order valence-electron chi connectivity index (χ0n) is 18.4. The van der Waals surface area contributed by atoms with Crippen molar-refractivity contribution >= 4 is 51.0 Å². The lowest BCUT2D eigenvalue weighted by molar-refractivity contribution is -0.139. The molecule has 0 aromatic heterocycles. The number of ether oxygens (including phenoxy) is 1. The lowest BCUT2D eigenvalue weighted by atomic mass is 10.1. The third-order valence-electron chi connectivity index (χ3n) is 5.48. The summed E-state index contributed by atoms with van der Waals surface area (Å²) in [5.41, 5.74) is 0.969. The molecule has 166 valence electrons. The third-order valence-corrected chi connectivity index (χ3v) is 7.55. The van der Waals surface area contributed by atoms with Crippen LogP contribution in [0.25, 0.3) is 21.5 Å². The Bertz CT molecular complexity index is 1510. The molecule has 5 aromatic carbocycles. The highest BCUT2D eigenvalue weighted by atomic mass is 32.2. The molecule has 5 aromatic rings. The van der Waals surface area contributed by atoms with Crippen LogP contribution in [0.4, 0.5) is 0 Å². The molecule has 0 amide bonds. The Morgan fingerprint density at radius 2 is 1.21 bits per heavy atom. The van der Waals surface area contributed by atoms with E-state index in [1.807, 2.05) is 6.07 Å². The Labute approximate surface area is 207 Å². The second-order valence-corrected chi connectivity index (χ2v) is 10.1. The SMILES string of the molecule is C=CC(=O)OCc1ccc(Sc2ccc3ccccc3c2)cc1Sc1ccc2ccccc2c1. The van der Waals surface area contributed by atoms with E-state index in [1.54, 1.807) is 23.5 Å². The summed E-state index contributed by atoms with van der Waals surface area (Å²) < 4.78 is 5.36. The first-order chi connectivity index (χ1) is 16.7. The summed E-state index contributed by atoms with van der Waals surface area (Å²) in [6.07, 6.45) is 1.19. The zero-order chi connectivity index (χ0) is 23.3. The molecule has 5 rings (SSSR count). The minimum absolute atomic E-state index is 0.210. The maximum Gasteiger partial charge on any atom is 0.330 e. The molecule has 0 unspecified atom stereocenters. The van der Waals surface area contributed by atoms with Crippen molar-refractivity contribution < 1.29 is 9.53 Å². The smallest absolute Gasteiger partial charge is 0.330 e. The van der Waals surface area contributed by atoms with Gasteiger partial charge in [-0.3, -0.25) is 0 Å². The third kappa shape index (κ3) is 5.19. The van der Waals surface area contributed by atoms with Crippen molar-refractivity contribution in [2.45, 2.75) is 26.2 Å². The van der Waals surface area contributed by atoms with Gasteiger partial charge in [-0.1, -0.05) is 96.8 Å². The number of hydrogen-bond acceptors (Lipinski definition) is 4. The molecule has 0 saturated heterocycles. The highest BCUT2D eigenvalue weighted by Gasteiger charge is 2.10. The van der Waals surface area contributed by atoms with Crippen LogP contribution in [0.1, 0.15) is 5.56 Å². The summed E-state index contributed by atoms with van der Waals surface area (Å²) in [5.74, 6) is -0.420. The number of esters is 1. The molecule has 0 heterocycles. The first kappa shape index (κ1) is 22.3. The lowest BCUT2D eigenvalue weighted by Gasteiger charge is -2.12. The van der Waals surface area contributed by atoms with Crippen LogP contribution in [0, 0.1) is 0 Å². The van der Waals surface area contributed by atoms with Gasteiger partial charge in [-0.15, -0.1) is 0 Å². The molecule has 2 nitrogen and oxygen atoms in total. The Kier molecular flexibility index (Phi) is 6.70. The lowest BCUT2D eigenvalue weighted by Crippen LogP contribution is -2.01. The van der Waals surface area contributed by atoms with Gasteiger partial charge in [0.1, 0.15) is 6.61 Å². The molecular weight excluding hydrogens is 456 g/mol. The molecule has 34 heavy (non-hydrogen) atoms. The Balaban J connectivity index is 1.46. The van der Waals surface area contributed by atoms with Gasteiger partial charge < -0.3 is 4.74 Å². The summed E-state index contributed by atoms with van der Waals surface area (Å²) >= 11 is 3.42. The largest absolute Gasteiger partial charge is 0.458 e. The number of benzene rings is 5. The molecule has 0 aliphatic carbocycles. The maximum atomic E-state index is 11.7. The van der Waals surface area contributed by atoms with E-state index in [1.165, 1.54) is 32.5 Å². The standard InChI is InChI=1S/C30H22O2S2/c1-2-30(31)32-20-25-13-16-28(33-26-14-11-21-7-3-5-9-23(21)17-26)19-29(25)34-27-15-12-22-8-4-6-10-24(22)18-27/h2-19H,1,20H2. The van der Waals surface area contributed by atoms with Gasteiger partial charge in [0.15, 0.2) is 0 Å². The molecule has 0 aliphatic rings. The Hall–Kier alpha value is -3.47. The van der Waals surface area contributed by atoms with Gasteiger partial charge in [0.05, 0.1) is 0 Å². The summed E-state index contributed by atoms with van der Waals surface area (Å²) in [7, 11) is 0. The van der Waals surface area contributed by atoms with E-state index in [9.17, 15) is 4.79 Å². The van der Waals surface area contributed by atoms with Gasteiger partial charge in [-0.05, 0) is 57.9 Å². The van der Waals surface area contributed by atoms with Gasteiger partial charge in [0, 0.05) is 31.2 Å². The van der Waals surface area contributed by atoms with Gasteiger partial charge in [-0.25, -0.2) is 4.79 Å². The van der Waals surface area contributed by atoms with Crippen molar-refractivity contribution in [3.63, 3.8) is 0 Å². The number of fused-ring (bicyclic) bond motifs is 2. The Morgan fingerprint density at radius 1 is 0.676 bits per heavy atom. The van der Waals surface area contributed by atoms with Crippen LogP contribution in [0.15, 0.2) is 135 Å². The first-order valence-corrected chi connectivity index (χ1v) is 12.6. The fraction of sp³-hybridized carbons (Fsp3) is 0.0333. The second-order valence-electron chi connectivity index (χ2n) is 7.80. The van der Waals surface area contributed by atoms with E-state index in [0.29, 0.717) is 0 Å². The van der Waals surface area contributed by atoms with Crippen LogP contribution in [-0.4, -0.2) is 5.97 Å². The predicted molar refractivity (Wildman–Crippen MR) is 143 cm³/mol. The topological polar surface area (TPSA) is 26.3 Å². The molecule has 0 spiro atoms. The average Bonchev–Trinajstić information content (AvgIpc) is 2.88. The number of carbonyl (C=O) groups excluding carboxylic acids is 1. The monoisotopic (exact) mass is 478 g/mol.